The monoisotopic (exact) mass is 281 g/mol. The summed E-state index contributed by atoms with van der Waals surface area (Å²) in [6.45, 7) is 0. The van der Waals surface area contributed by atoms with Crippen molar-refractivity contribution in [2.24, 2.45) is 0 Å². The minimum absolute atomic E-state index is 0.229. The van der Waals surface area contributed by atoms with Crippen molar-refractivity contribution in [3.8, 4) is 11.8 Å². The Morgan fingerprint density at radius 1 is 1.24 bits per heavy atom. The van der Waals surface area contributed by atoms with Gasteiger partial charge in [-0.3, -0.25) is 0 Å². The molecule has 0 bridgehead atoms. The van der Waals surface area contributed by atoms with E-state index >= 15 is 0 Å². The molecule has 2 aromatic rings. The number of nitrogens with zero attached hydrogens (tertiary/aromatic N) is 1. The van der Waals surface area contributed by atoms with E-state index in [4.69, 9.17) is 4.74 Å². The maximum atomic E-state index is 14.4. The zero-order chi connectivity index (χ0) is 14.9. The number of ether oxygens (including phenoxy) is 1. The number of hydrogen-bond acceptors (Lipinski definition) is 2. The zero-order valence-electron chi connectivity index (χ0n) is 11.9. The molecule has 0 heterocycles. The fraction of sp³-hybridized carbons (Fsp3) is 0.278. The predicted octanol–water partition coefficient (Wildman–Crippen LogP) is 3.78. The summed E-state index contributed by atoms with van der Waals surface area (Å²) in [6, 6.07) is 15.5. The molecular weight excluding hydrogens is 265 g/mol. The van der Waals surface area contributed by atoms with E-state index in [9.17, 15) is 9.65 Å². The van der Waals surface area contributed by atoms with Crippen molar-refractivity contribution in [3.63, 3.8) is 0 Å². The number of halogens is 1. The van der Waals surface area contributed by atoms with E-state index in [1.165, 1.54) is 12.7 Å². The molecule has 0 spiro atoms. The Balaban J connectivity index is 2.03. The molecule has 3 rings (SSSR count). The largest absolute Gasteiger partial charge is 0.494 e. The lowest BCUT2D eigenvalue weighted by Crippen LogP contribution is -2.24. The Morgan fingerprint density at radius 3 is 2.81 bits per heavy atom. The number of fused-ring (bicyclic) bond motifs is 1. The maximum Gasteiger partial charge on any atom is 0.168 e. The molecule has 0 aromatic heterocycles. The summed E-state index contributed by atoms with van der Waals surface area (Å²) in [7, 11) is 1.45. The third-order valence-corrected chi connectivity index (χ3v) is 4.32. The van der Waals surface area contributed by atoms with Crippen LogP contribution >= 0.6 is 0 Å². The number of benzene rings is 2. The van der Waals surface area contributed by atoms with Crippen molar-refractivity contribution in [1.29, 1.82) is 5.26 Å². The quantitative estimate of drug-likeness (QED) is 0.857. The Bertz CT molecular complexity index is 719. The van der Waals surface area contributed by atoms with Crippen LogP contribution in [-0.2, 0) is 18.3 Å². The molecular formula is C18H16FNO. The second kappa shape index (κ2) is 5.21. The van der Waals surface area contributed by atoms with Crippen LogP contribution in [-0.4, -0.2) is 7.11 Å². The van der Waals surface area contributed by atoms with Gasteiger partial charge in [-0.1, -0.05) is 36.4 Å². The lowest BCUT2D eigenvalue weighted by atomic mass is 9.78. The number of nitriles is 1. The molecule has 3 heteroatoms. The summed E-state index contributed by atoms with van der Waals surface area (Å²) in [5, 5.41) is 9.74. The summed E-state index contributed by atoms with van der Waals surface area (Å²) in [6.07, 6.45) is 1.98. The van der Waals surface area contributed by atoms with E-state index in [1.54, 1.807) is 18.2 Å². The van der Waals surface area contributed by atoms with E-state index in [-0.39, 0.29) is 11.6 Å². The highest BCUT2D eigenvalue weighted by molar-refractivity contribution is 5.46. The van der Waals surface area contributed by atoms with Crippen molar-refractivity contribution in [1.82, 2.24) is 0 Å². The van der Waals surface area contributed by atoms with Crippen LogP contribution in [0.15, 0.2) is 42.5 Å². The van der Waals surface area contributed by atoms with Crippen LogP contribution < -0.4 is 4.74 Å². The van der Waals surface area contributed by atoms with Crippen molar-refractivity contribution < 1.29 is 9.13 Å². The summed E-state index contributed by atoms with van der Waals surface area (Å²) in [5.41, 5.74) is 2.13. The SMILES string of the molecule is COc1cccc(CC2(C#N)CCc3ccccc32)c1F. The molecule has 1 atom stereocenters. The van der Waals surface area contributed by atoms with Gasteiger partial charge in [-0.05, 0) is 42.0 Å². The maximum absolute atomic E-state index is 14.4. The van der Waals surface area contributed by atoms with Gasteiger partial charge < -0.3 is 4.74 Å². The third-order valence-electron chi connectivity index (χ3n) is 4.32. The van der Waals surface area contributed by atoms with Crippen LogP contribution in [0.5, 0.6) is 5.75 Å². The second-order valence-corrected chi connectivity index (χ2v) is 5.46. The Morgan fingerprint density at radius 2 is 2.05 bits per heavy atom. The Labute approximate surface area is 123 Å². The minimum Gasteiger partial charge on any atom is -0.494 e. The highest BCUT2D eigenvalue weighted by Gasteiger charge is 2.39. The van der Waals surface area contributed by atoms with Crippen LogP contribution in [0.3, 0.4) is 0 Å². The molecule has 21 heavy (non-hydrogen) atoms. The van der Waals surface area contributed by atoms with Crippen molar-refractivity contribution in [3.05, 3.63) is 65.0 Å². The van der Waals surface area contributed by atoms with Gasteiger partial charge in [0, 0.05) is 0 Å². The normalized spacial score (nSPS) is 19.9. The molecule has 2 nitrogen and oxygen atoms in total. The molecule has 0 aliphatic heterocycles. The fourth-order valence-corrected chi connectivity index (χ4v) is 3.20. The van der Waals surface area contributed by atoms with Gasteiger partial charge in [-0.2, -0.15) is 5.26 Å². The van der Waals surface area contributed by atoms with Gasteiger partial charge in [0.15, 0.2) is 11.6 Å². The molecule has 1 unspecified atom stereocenters. The van der Waals surface area contributed by atoms with Crippen molar-refractivity contribution in [2.75, 3.05) is 7.11 Å². The van der Waals surface area contributed by atoms with E-state index in [1.807, 2.05) is 18.2 Å². The number of aryl methyl sites for hydroxylation is 1. The van der Waals surface area contributed by atoms with E-state index < -0.39 is 5.41 Å². The molecule has 1 aliphatic carbocycles. The Kier molecular flexibility index (Phi) is 3.39. The molecule has 0 amide bonds. The highest BCUT2D eigenvalue weighted by Crippen LogP contribution is 2.41. The topological polar surface area (TPSA) is 33.0 Å². The van der Waals surface area contributed by atoms with Crippen LogP contribution in [0.4, 0.5) is 4.39 Å². The van der Waals surface area contributed by atoms with Crippen LogP contribution in [0.2, 0.25) is 0 Å². The standard InChI is InChI=1S/C18H16FNO/c1-21-16-8-4-6-14(17(16)19)11-18(12-20)10-9-13-5-2-3-7-15(13)18/h2-8H,9-11H2,1H3. The average Bonchev–Trinajstić information content (AvgIpc) is 2.89. The first-order chi connectivity index (χ1) is 10.2. The first-order valence-corrected chi connectivity index (χ1v) is 7.01. The molecule has 106 valence electrons. The number of hydrogen-bond donors (Lipinski definition) is 0. The van der Waals surface area contributed by atoms with Gasteiger partial charge in [-0.25, -0.2) is 4.39 Å². The van der Waals surface area contributed by atoms with Gasteiger partial charge in [-0.15, -0.1) is 0 Å². The van der Waals surface area contributed by atoms with E-state index in [2.05, 4.69) is 12.1 Å². The molecule has 0 fully saturated rings. The van der Waals surface area contributed by atoms with Crippen LogP contribution in [0.1, 0.15) is 23.1 Å². The van der Waals surface area contributed by atoms with Crippen molar-refractivity contribution in [2.45, 2.75) is 24.7 Å². The molecule has 0 radical (unpaired) electrons. The molecule has 1 aliphatic rings. The van der Waals surface area contributed by atoms with Crippen LogP contribution in [0, 0.1) is 17.1 Å². The predicted molar refractivity (Wildman–Crippen MR) is 78.7 cm³/mol. The minimum atomic E-state index is -0.635. The average molecular weight is 281 g/mol. The highest BCUT2D eigenvalue weighted by atomic mass is 19.1. The van der Waals surface area contributed by atoms with Gasteiger partial charge in [0.25, 0.3) is 0 Å². The summed E-state index contributed by atoms with van der Waals surface area (Å²) < 4.78 is 19.4. The molecule has 0 saturated carbocycles. The Hall–Kier alpha value is -2.34. The smallest absolute Gasteiger partial charge is 0.168 e. The summed E-state index contributed by atoms with van der Waals surface area (Å²) in [5.74, 6) is -0.133. The van der Waals surface area contributed by atoms with Gasteiger partial charge in [0.05, 0.1) is 18.6 Å². The third kappa shape index (κ3) is 2.17. The number of rotatable bonds is 3. The second-order valence-electron chi connectivity index (χ2n) is 5.46. The molecule has 0 saturated heterocycles. The first-order valence-electron chi connectivity index (χ1n) is 7.01. The summed E-state index contributed by atoms with van der Waals surface area (Å²) in [4.78, 5) is 0. The molecule has 0 N–H and O–H groups in total. The zero-order valence-corrected chi connectivity index (χ0v) is 11.9. The van der Waals surface area contributed by atoms with Crippen LogP contribution in [0.25, 0.3) is 0 Å². The lowest BCUT2D eigenvalue weighted by Gasteiger charge is -2.23. The van der Waals surface area contributed by atoms with Gasteiger partial charge >= 0.3 is 0 Å². The van der Waals surface area contributed by atoms with Gasteiger partial charge in [0.2, 0.25) is 0 Å². The van der Waals surface area contributed by atoms with Crippen molar-refractivity contribution >= 4 is 0 Å². The van der Waals surface area contributed by atoms with Gasteiger partial charge in [0.1, 0.15) is 0 Å². The fourth-order valence-electron chi connectivity index (χ4n) is 3.20. The van der Waals surface area contributed by atoms with E-state index in [0.29, 0.717) is 12.0 Å². The number of methoxy groups -OCH3 is 1. The summed E-state index contributed by atoms with van der Waals surface area (Å²) >= 11 is 0. The lowest BCUT2D eigenvalue weighted by molar-refractivity contribution is 0.382. The first kappa shape index (κ1) is 13.6. The molecule has 2 aromatic carbocycles. The van der Waals surface area contributed by atoms with E-state index in [0.717, 1.165) is 18.4 Å².